The minimum Gasteiger partial charge on any atom is -0.387 e. The van der Waals surface area contributed by atoms with Crippen LogP contribution in [-0.4, -0.2) is 30.6 Å². The van der Waals surface area contributed by atoms with Gasteiger partial charge < -0.3 is 5.11 Å². The zero-order chi connectivity index (χ0) is 12.7. The highest BCUT2D eigenvalue weighted by Crippen LogP contribution is 2.53. The molecule has 17 heavy (non-hydrogen) atoms. The number of hydrogen-bond acceptors (Lipinski definition) is 4. The Morgan fingerprint density at radius 2 is 2.18 bits per heavy atom. The highest BCUT2D eigenvalue weighted by atomic mass is 32.2. The van der Waals surface area contributed by atoms with Crippen molar-refractivity contribution in [3.63, 3.8) is 0 Å². The molecule has 3 unspecified atom stereocenters. The van der Waals surface area contributed by atoms with E-state index in [-0.39, 0.29) is 17.9 Å². The summed E-state index contributed by atoms with van der Waals surface area (Å²) in [6, 6.07) is 2.25. The van der Waals surface area contributed by atoms with Crippen molar-refractivity contribution in [2.45, 2.75) is 44.6 Å². The molecule has 0 spiro atoms. The van der Waals surface area contributed by atoms with Crippen LogP contribution in [0.1, 0.15) is 39.0 Å². The van der Waals surface area contributed by atoms with Crippen molar-refractivity contribution in [3.05, 3.63) is 0 Å². The van der Waals surface area contributed by atoms with Crippen molar-refractivity contribution in [1.29, 1.82) is 5.26 Å². The van der Waals surface area contributed by atoms with E-state index < -0.39 is 20.9 Å². The molecule has 2 fully saturated rings. The first-order valence-corrected chi connectivity index (χ1v) is 8.03. The second kappa shape index (κ2) is 3.96. The van der Waals surface area contributed by atoms with E-state index in [0.29, 0.717) is 18.8 Å². The van der Waals surface area contributed by atoms with Crippen LogP contribution in [0.4, 0.5) is 0 Å². The molecule has 0 aromatic rings. The Morgan fingerprint density at radius 3 is 2.59 bits per heavy atom. The number of aliphatic hydroxyl groups is 1. The van der Waals surface area contributed by atoms with Gasteiger partial charge >= 0.3 is 0 Å². The fourth-order valence-corrected chi connectivity index (χ4v) is 5.28. The van der Waals surface area contributed by atoms with Gasteiger partial charge in [0.05, 0.1) is 28.6 Å². The summed E-state index contributed by atoms with van der Waals surface area (Å²) in [5.74, 6) is 0.232. The number of sulfone groups is 1. The summed E-state index contributed by atoms with van der Waals surface area (Å²) in [6.45, 7) is 2.08. The Bertz CT molecular complexity index is 453. The zero-order valence-corrected chi connectivity index (χ0v) is 11.0. The van der Waals surface area contributed by atoms with Crippen LogP contribution in [-0.2, 0) is 9.84 Å². The lowest BCUT2D eigenvalue weighted by Crippen LogP contribution is -2.47. The van der Waals surface area contributed by atoms with Crippen LogP contribution in [0, 0.1) is 22.7 Å². The fourth-order valence-electron chi connectivity index (χ4n) is 3.33. The van der Waals surface area contributed by atoms with E-state index in [1.165, 1.54) is 0 Å². The summed E-state index contributed by atoms with van der Waals surface area (Å²) < 4.78 is 23.1. The van der Waals surface area contributed by atoms with Crippen molar-refractivity contribution < 1.29 is 13.5 Å². The zero-order valence-electron chi connectivity index (χ0n) is 10.1. The van der Waals surface area contributed by atoms with Crippen molar-refractivity contribution in [1.82, 2.24) is 0 Å². The molecular weight excluding hydrogens is 238 g/mol. The maximum Gasteiger partial charge on any atom is 0.153 e. The van der Waals surface area contributed by atoms with Gasteiger partial charge in [-0.3, -0.25) is 0 Å². The Balaban J connectivity index is 2.29. The summed E-state index contributed by atoms with van der Waals surface area (Å²) in [4.78, 5) is 0. The normalized spacial score (nSPS) is 44.6. The van der Waals surface area contributed by atoms with E-state index in [9.17, 15) is 18.8 Å². The lowest BCUT2D eigenvalue weighted by Gasteiger charge is -2.36. The van der Waals surface area contributed by atoms with Crippen LogP contribution < -0.4 is 0 Å². The lowest BCUT2D eigenvalue weighted by atomic mass is 9.70. The number of nitrogens with zero attached hydrogens (tertiary/aromatic N) is 1. The Morgan fingerprint density at radius 1 is 1.47 bits per heavy atom. The summed E-state index contributed by atoms with van der Waals surface area (Å²) in [5.41, 5.74) is -2.15. The summed E-state index contributed by atoms with van der Waals surface area (Å²) in [6.07, 6.45) is 3.41. The predicted molar refractivity (Wildman–Crippen MR) is 63.9 cm³/mol. The first-order chi connectivity index (χ1) is 7.86. The van der Waals surface area contributed by atoms with E-state index in [0.717, 1.165) is 12.8 Å². The molecule has 0 aromatic heterocycles. The quantitative estimate of drug-likeness (QED) is 0.807. The van der Waals surface area contributed by atoms with E-state index >= 15 is 0 Å². The maximum absolute atomic E-state index is 11.5. The second-order valence-corrected chi connectivity index (χ2v) is 7.77. The van der Waals surface area contributed by atoms with E-state index in [1.807, 2.05) is 0 Å². The molecule has 2 rings (SSSR count). The topological polar surface area (TPSA) is 78.2 Å². The van der Waals surface area contributed by atoms with Crippen LogP contribution in [0.2, 0.25) is 0 Å². The van der Waals surface area contributed by atoms with Gasteiger partial charge in [0, 0.05) is 0 Å². The van der Waals surface area contributed by atoms with Gasteiger partial charge in [0.15, 0.2) is 9.84 Å². The Kier molecular flexibility index (Phi) is 2.99. The molecule has 1 aliphatic carbocycles. The molecule has 1 N–H and O–H groups in total. The average molecular weight is 257 g/mol. The molecule has 1 saturated carbocycles. The predicted octanol–water partition coefficient (Wildman–Crippen LogP) is 1.26. The highest BCUT2D eigenvalue weighted by Gasteiger charge is 2.58. The molecule has 1 heterocycles. The number of nitriles is 1. The fraction of sp³-hybridized carbons (Fsp3) is 0.917. The molecule has 1 saturated heterocycles. The first kappa shape index (κ1) is 12.8. The van der Waals surface area contributed by atoms with Crippen LogP contribution in [0.3, 0.4) is 0 Å². The third-order valence-electron chi connectivity index (χ3n) is 4.58. The highest BCUT2D eigenvalue weighted by molar-refractivity contribution is 7.91. The molecule has 1 aliphatic heterocycles. The standard InChI is InChI=1S/C12H19NO3S/c1-2-10-3-4-11(7-10,8-13)12(14)5-6-17(15,16)9-12/h10,14H,2-7,9H2,1H3. The second-order valence-electron chi connectivity index (χ2n) is 5.58. The molecule has 96 valence electrons. The Labute approximate surface area is 103 Å². The molecule has 4 nitrogen and oxygen atoms in total. The number of rotatable bonds is 2. The van der Waals surface area contributed by atoms with Crippen LogP contribution in [0.25, 0.3) is 0 Å². The molecular formula is C12H19NO3S. The molecule has 2 aliphatic rings. The minimum atomic E-state index is -3.16. The van der Waals surface area contributed by atoms with Gasteiger partial charge in [-0.25, -0.2) is 8.42 Å². The van der Waals surface area contributed by atoms with E-state index in [2.05, 4.69) is 13.0 Å². The third-order valence-corrected chi connectivity index (χ3v) is 6.33. The van der Waals surface area contributed by atoms with Crippen LogP contribution in [0.15, 0.2) is 0 Å². The largest absolute Gasteiger partial charge is 0.387 e. The SMILES string of the molecule is CCC1CCC(C#N)(C2(O)CCS(=O)(=O)C2)C1. The third kappa shape index (κ3) is 1.98. The first-order valence-electron chi connectivity index (χ1n) is 6.20. The van der Waals surface area contributed by atoms with Gasteiger partial charge in [-0.15, -0.1) is 0 Å². The van der Waals surface area contributed by atoms with Gasteiger partial charge in [0.1, 0.15) is 0 Å². The van der Waals surface area contributed by atoms with Crippen molar-refractivity contribution in [2.75, 3.05) is 11.5 Å². The van der Waals surface area contributed by atoms with Crippen molar-refractivity contribution >= 4 is 9.84 Å². The van der Waals surface area contributed by atoms with Gasteiger partial charge in [0.25, 0.3) is 0 Å². The van der Waals surface area contributed by atoms with E-state index in [4.69, 9.17) is 0 Å². The molecule has 0 aromatic carbocycles. The van der Waals surface area contributed by atoms with Gasteiger partial charge in [-0.2, -0.15) is 5.26 Å². The smallest absolute Gasteiger partial charge is 0.153 e. The summed E-state index contributed by atoms with van der Waals surface area (Å²) >= 11 is 0. The van der Waals surface area contributed by atoms with Crippen LogP contribution >= 0.6 is 0 Å². The molecule has 5 heteroatoms. The Hall–Kier alpha value is -0.600. The molecule has 3 atom stereocenters. The van der Waals surface area contributed by atoms with E-state index in [1.54, 1.807) is 0 Å². The van der Waals surface area contributed by atoms with Gasteiger partial charge in [0.2, 0.25) is 0 Å². The van der Waals surface area contributed by atoms with Gasteiger partial charge in [-0.05, 0) is 31.6 Å². The van der Waals surface area contributed by atoms with Crippen molar-refractivity contribution in [2.24, 2.45) is 11.3 Å². The molecule has 0 amide bonds. The minimum absolute atomic E-state index is 0.0176. The molecule has 0 radical (unpaired) electrons. The molecule has 0 bridgehead atoms. The van der Waals surface area contributed by atoms with Crippen molar-refractivity contribution in [3.8, 4) is 6.07 Å². The monoisotopic (exact) mass is 257 g/mol. The number of hydrogen-bond donors (Lipinski definition) is 1. The maximum atomic E-state index is 11.5. The van der Waals surface area contributed by atoms with Gasteiger partial charge in [-0.1, -0.05) is 13.3 Å². The summed E-state index contributed by atoms with van der Waals surface area (Å²) in [5, 5.41) is 20.0. The summed E-state index contributed by atoms with van der Waals surface area (Å²) in [7, 11) is -3.16. The lowest BCUT2D eigenvalue weighted by molar-refractivity contribution is -0.0314. The van der Waals surface area contributed by atoms with Crippen LogP contribution in [0.5, 0.6) is 0 Å². The average Bonchev–Trinajstić information content (AvgIpc) is 2.82.